The molecule has 0 radical (unpaired) electrons. The largest absolute Gasteiger partial charge is 0.463 e. The summed E-state index contributed by atoms with van der Waals surface area (Å²) in [6.45, 7) is -0.431. The molecule has 1 aliphatic heterocycles. The molecule has 2 amide bonds. The average Bonchev–Trinajstić information content (AvgIpc) is 3.76. The molecule has 2 heterocycles. The molecule has 3 aliphatic carbocycles. The van der Waals surface area contributed by atoms with Gasteiger partial charge in [0.25, 0.3) is 0 Å². The summed E-state index contributed by atoms with van der Waals surface area (Å²) in [6.07, 6.45) is 3.25. The summed E-state index contributed by atoms with van der Waals surface area (Å²) in [6, 6.07) is 23.0. The SMILES string of the molecule is CN(C)c1c([N+](=O)[O-])cc(N2C(=O)[C@H]3[C@H](CC=C4[C@H]3C[C@H]3C(=O)C(c5ccccc5)=CC(=O)[C@@]3(c3ccccc3)[C@H]4c3ccc(CO)o3)C2=O)cc1[N+](=O)[O-]. The lowest BCUT2D eigenvalue weighted by Crippen LogP contribution is -2.58. The highest BCUT2D eigenvalue weighted by atomic mass is 16.6. The van der Waals surface area contributed by atoms with Crippen molar-refractivity contribution in [3.63, 3.8) is 0 Å². The summed E-state index contributed by atoms with van der Waals surface area (Å²) in [5.74, 6) is -6.35. The topological polar surface area (TPSA) is 194 Å². The third-order valence-corrected chi connectivity index (χ3v) is 11.7. The molecule has 4 aliphatic rings. The Balaban J connectivity index is 1.32. The van der Waals surface area contributed by atoms with E-state index in [-0.39, 0.29) is 47.1 Å². The Morgan fingerprint density at radius 1 is 0.873 bits per heavy atom. The smallest absolute Gasteiger partial charge is 0.301 e. The number of hydrogen-bond donors (Lipinski definition) is 1. The van der Waals surface area contributed by atoms with Gasteiger partial charge in [-0.3, -0.25) is 39.4 Å². The Bertz CT molecular complexity index is 2350. The maximum atomic E-state index is 15.1. The van der Waals surface area contributed by atoms with E-state index >= 15 is 9.59 Å². The third kappa shape index (κ3) is 5.19. The second kappa shape index (κ2) is 13.1. The standard InChI is InChI=1S/C41H34N4O10/c1-42(2)37-31(44(51)52)17-24(18-32(37)45(53)54)43-39(49)27-15-14-26-29(35(27)40(43)50)19-30-38(48)28(22-9-5-3-6-10-22)20-34(47)41(30,23-11-7-4-8-12-23)36(26)33-16-13-25(21-46)55-33/h3-14,16-18,20,27,29-30,35-36,46H,15,19,21H2,1-2H3/t27-,29+,30-,35-,36+,41-/m0/s1. The molecule has 4 aromatic rings. The number of benzene rings is 3. The molecule has 14 heteroatoms. The van der Waals surface area contributed by atoms with Crippen LogP contribution in [0.5, 0.6) is 0 Å². The van der Waals surface area contributed by atoms with Crippen LogP contribution in [0.4, 0.5) is 22.7 Å². The van der Waals surface area contributed by atoms with Gasteiger partial charge in [0.05, 0.1) is 38.7 Å². The van der Waals surface area contributed by atoms with Gasteiger partial charge in [-0.15, -0.1) is 0 Å². The van der Waals surface area contributed by atoms with Gasteiger partial charge < -0.3 is 14.4 Å². The first kappa shape index (κ1) is 35.5. The van der Waals surface area contributed by atoms with Gasteiger partial charge in [-0.1, -0.05) is 72.3 Å². The Labute approximate surface area is 313 Å². The van der Waals surface area contributed by atoms with Crippen LogP contribution in [0.25, 0.3) is 5.57 Å². The van der Waals surface area contributed by atoms with Gasteiger partial charge >= 0.3 is 11.4 Å². The van der Waals surface area contributed by atoms with Gasteiger partial charge in [0.2, 0.25) is 11.8 Å². The van der Waals surface area contributed by atoms with Crippen molar-refractivity contribution in [2.24, 2.45) is 23.7 Å². The van der Waals surface area contributed by atoms with Gasteiger partial charge in [0.1, 0.15) is 18.1 Å². The minimum absolute atomic E-state index is 0.00652. The van der Waals surface area contributed by atoms with Crippen LogP contribution in [0.1, 0.15) is 41.4 Å². The molecule has 1 aromatic heterocycles. The monoisotopic (exact) mass is 742 g/mol. The van der Waals surface area contributed by atoms with E-state index in [1.807, 2.05) is 6.08 Å². The van der Waals surface area contributed by atoms with Crippen molar-refractivity contribution in [1.82, 2.24) is 0 Å². The lowest BCUT2D eigenvalue weighted by molar-refractivity contribution is -0.392. The number of aliphatic hydroxyl groups excluding tert-OH is 1. The number of furan rings is 1. The fraction of sp³-hybridized carbons (Fsp3) is 0.268. The number of aliphatic hydroxyl groups is 1. The van der Waals surface area contributed by atoms with Crippen molar-refractivity contribution in [2.45, 2.75) is 30.8 Å². The van der Waals surface area contributed by atoms with Crippen LogP contribution in [0.3, 0.4) is 0 Å². The summed E-state index contributed by atoms with van der Waals surface area (Å²) in [5.41, 5.74) is -1.52. The number of ketones is 2. The zero-order chi connectivity index (χ0) is 38.9. The van der Waals surface area contributed by atoms with E-state index < -0.39 is 74.6 Å². The van der Waals surface area contributed by atoms with E-state index in [1.54, 1.807) is 72.8 Å². The highest BCUT2D eigenvalue weighted by Gasteiger charge is 2.66. The molecule has 55 heavy (non-hydrogen) atoms. The number of anilines is 2. The van der Waals surface area contributed by atoms with Crippen LogP contribution < -0.4 is 9.80 Å². The van der Waals surface area contributed by atoms with Gasteiger partial charge in [0.15, 0.2) is 17.3 Å². The minimum Gasteiger partial charge on any atom is -0.463 e. The van der Waals surface area contributed by atoms with E-state index in [1.165, 1.54) is 25.1 Å². The molecule has 3 aromatic carbocycles. The molecule has 1 N–H and O–H groups in total. The Kier molecular flexibility index (Phi) is 8.45. The summed E-state index contributed by atoms with van der Waals surface area (Å²) < 4.78 is 6.19. The van der Waals surface area contributed by atoms with Crippen molar-refractivity contribution >= 4 is 51.7 Å². The lowest BCUT2D eigenvalue weighted by atomic mass is 9.45. The second-order valence-corrected chi connectivity index (χ2v) is 14.5. The van der Waals surface area contributed by atoms with Gasteiger partial charge in [0, 0.05) is 37.7 Å². The Morgan fingerprint density at radius 3 is 2.09 bits per heavy atom. The number of allylic oxidation sites excluding steroid dienone is 4. The maximum Gasteiger partial charge on any atom is 0.301 e. The summed E-state index contributed by atoms with van der Waals surface area (Å²) in [4.78, 5) is 83.9. The van der Waals surface area contributed by atoms with E-state index in [9.17, 15) is 34.9 Å². The second-order valence-electron chi connectivity index (χ2n) is 14.5. The molecule has 0 unspecified atom stereocenters. The molecule has 0 spiro atoms. The molecule has 6 atom stereocenters. The number of amides is 2. The molecule has 2 fully saturated rings. The highest BCUT2D eigenvalue weighted by molar-refractivity contribution is 6.32. The number of nitro benzene ring substituents is 2. The van der Waals surface area contributed by atoms with Crippen molar-refractivity contribution in [2.75, 3.05) is 23.9 Å². The highest BCUT2D eigenvalue weighted by Crippen LogP contribution is 2.64. The predicted octanol–water partition coefficient (Wildman–Crippen LogP) is 5.68. The number of hydrogen-bond acceptors (Lipinski definition) is 11. The van der Waals surface area contributed by atoms with Crippen molar-refractivity contribution < 1.29 is 38.5 Å². The Hall–Kier alpha value is -6.54. The van der Waals surface area contributed by atoms with E-state index in [2.05, 4.69) is 0 Å². The number of imide groups is 1. The summed E-state index contributed by atoms with van der Waals surface area (Å²) >= 11 is 0. The van der Waals surface area contributed by atoms with E-state index in [0.717, 1.165) is 17.0 Å². The van der Waals surface area contributed by atoms with Crippen LogP contribution >= 0.6 is 0 Å². The van der Waals surface area contributed by atoms with Gasteiger partial charge in [-0.25, -0.2) is 4.90 Å². The first-order chi connectivity index (χ1) is 26.4. The third-order valence-electron chi connectivity index (χ3n) is 11.7. The first-order valence-corrected chi connectivity index (χ1v) is 17.7. The normalized spacial score (nSPS) is 25.8. The van der Waals surface area contributed by atoms with Crippen LogP contribution in [0.2, 0.25) is 0 Å². The molecule has 14 nitrogen and oxygen atoms in total. The molecule has 1 saturated heterocycles. The minimum atomic E-state index is -1.54. The molecular formula is C41H34N4O10. The van der Waals surface area contributed by atoms with E-state index in [4.69, 9.17) is 4.42 Å². The number of Topliss-reactive ketones (excluding diaryl/α,β-unsaturated/α-hetero) is 1. The quantitative estimate of drug-likeness (QED) is 0.101. The fourth-order valence-electron chi connectivity index (χ4n) is 9.53. The fourth-order valence-corrected chi connectivity index (χ4v) is 9.53. The van der Waals surface area contributed by atoms with Gasteiger partial charge in [-0.05, 0) is 48.1 Å². The van der Waals surface area contributed by atoms with Crippen LogP contribution in [0, 0.1) is 43.9 Å². The molecular weight excluding hydrogens is 708 g/mol. The molecule has 278 valence electrons. The summed E-state index contributed by atoms with van der Waals surface area (Å²) in [7, 11) is 2.83. The molecule has 8 rings (SSSR count). The van der Waals surface area contributed by atoms with Gasteiger partial charge in [-0.2, -0.15) is 0 Å². The van der Waals surface area contributed by atoms with Crippen molar-refractivity contribution in [1.29, 1.82) is 0 Å². The lowest BCUT2D eigenvalue weighted by Gasteiger charge is -2.54. The molecule has 0 bridgehead atoms. The number of carbonyl (C=O) groups excluding carboxylic acids is 4. The molecule has 1 saturated carbocycles. The van der Waals surface area contributed by atoms with Crippen LogP contribution in [-0.2, 0) is 31.2 Å². The van der Waals surface area contributed by atoms with Crippen LogP contribution in [0.15, 0.2) is 107 Å². The number of nitrogens with zero attached hydrogens (tertiary/aromatic N) is 4. The zero-order valence-electron chi connectivity index (χ0n) is 29.7. The number of rotatable bonds is 8. The van der Waals surface area contributed by atoms with Crippen molar-refractivity contribution in [3.05, 3.63) is 146 Å². The van der Waals surface area contributed by atoms with E-state index in [0.29, 0.717) is 22.5 Å². The number of nitro groups is 2. The predicted molar refractivity (Wildman–Crippen MR) is 198 cm³/mol. The van der Waals surface area contributed by atoms with Crippen molar-refractivity contribution in [3.8, 4) is 0 Å². The number of carbonyl (C=O) groups is 4. The average molecular weight is 743 g/mol. The zero-order valence-corrected chi connectivity index (χ0v) is 29.7. The number of fused-ring (bicyclic) bond motifs is 4. The van der Waals surface area contributed by atoms with Crippen LogP contribution in [-0.4, -0.2) is 52.4 Å². The Morgan fingerprint density at radius 2 is 1.51 bits per heavy atom. The maximum absolute atomic E-state index is 15.1. The first-order valence-electron chi connectivity index (χ1n) is 17.7. The summed E-state index contributed by atoms with van der Waals surface area (Å²) in [5, 5.41) is 34.4.